The van der Waals surface area contributed by atoms with Gasteiger partial charge in [0.25, 0.3) is 0 Å². The van der Waals surface area contributed by atoms with E-state index in [2.05, 4.69) is 5.32 Å². The van der Waals surface area contributed by atoms with Crippen molar-refractivity contribution in [3.63, 3.8) is 0 Å². The zero-order valence-electron chi connectivity index (χ0n) is 8.48. The second-order valence-electron chi connectivity index (χ2n) is 3.65. The van der Waals surface area contributed by atoms with Crippen molar-refractivity contribution in [2.75, 3.05) is 20.6 Å². The average molecular weight is 215 g/mol. The number of carboxylic acids is 1. The lowest BCUT2D eigenvalue weighted by molar-refractivity contribution is -0.145. The normalized spacial score (nSPS) is 26.1. The summed E-state index contributed by atoms with van der Waals surface area (Å²) in [5.41, 5.74) is 0. The highest BCUT2D eigenvalue weighted by atomic mass is 16.4. The molecule has 1 rings (SSSR count). The number of carboxylic acid groups (broad SMARTS) is 1. The van der Waals surface area contributed by atoms with Crippen LogP contribution in [0.2, 0.25) is 0 Å². The van der Waals surface area contributed by atoms with Crippen molar-refractivity contribution in [3.05, 3.63) is 0 Å². The first kappa shape index (κ1) is 11.4. The van der Waals surface area contributed by atoms with Crippen LogP contribution in [0.1, 0.15) is 0 Å². The number of aliphatic carboxylic acids is 1. The van der Waals surface area contributed by atoms with Gasteiger partial charge in [-0.2, -0.15) is 0 Å². The zero-order valence-corrected chi connectivity index (χ0v) is 8.48. The Morgan fingerprint density at radius 2 is 2.07 bits per heavy atom. The van der Waals surface area contributed by atoms with Crippen molar-refractivity contribution in [1.82, 2.24) is 15.5 Å². The van der Waals surface area contributed by atoms with E-state index in [1.807, 2.05) is 5.32 Å². The third-order valence-electron chi connectivity index (χ3n) is 2.09. The monoisotopic (exact) mass is 215 g/mol. The predicted octanol–water partition coefficient (Wildman–Crippen LogP) is -1.54. The lowest BCUT2D eigenvalue weighted by Crippen LogP contribution is -2.62. The number of nitrogens with one attached hydrogen (secondary N) is 2. The molecule has 0 radical (unpaired) electrons. The summed E-state index contributed by atoms with van der Waals surface area (Å²) in [7, 11) is 3.45. The number of carbonyl (C=O) groups excluding carboxylic acids is 2. The molecular weight excluding hydrogens is 202 g/mol. The first-order valence-electron chi connectivity index (χ1n) is 4.40. The molecule has 15 heavy (non-hydrogen) atoms. The van der Waals surface area contributed by atoms with Crippen LogP contribution in [0.3, 0.4) is 0 Å². The summed E-state index contributed by atoms with van der Waals surface area (Å²) in [6.07, 6.45) is 0. The topological polar surface area (TPSA) is 98.7 Å². The van der Waals surface area contributed by atoms with Crippen LogP contribution < -0.4 is 10.6 Å². The average Bonchev–Trinajstić information content (AvgIpc) is 2.08. The standard InChI is InChI=1S/C8H13N3O4/c1-11(2)3-4-5(7(13)14)9-8(15)10-6(4)12/h4-5H,3H2,1-2H3,(H,13,14)(H2,9,10,12,15). The number of hydrogen-bond acceptors (Lipinski definition) is 4. The third kappa shape index (κ3) is 2.66. The highest BCUT2D eigenvalue weighted by Gasteiger charge is 2.39. The minimum Gasteiger partial charge on any atom is -0.480 e. The summed E-state index contributed by atoms with van der Waals surface area (Å²) >= 11 is 0. The van der Waals surface area contributed by atoms with Crippen LogP contribution in [0.25, 0.3) is 0 Å². The van der Waals surface area contributed by atoms with E-state index in [4.69, 9.17) is 5.11 Å². The summed E-state index contributed by atoms with van der Waals surface area (Å²) in [6.45, 7) is 0.267. The number of nitrogens with zero attached hydrogens (tertiary/aromatic N) is 1. The van der Waals surface area contributed by atoms with Gasteiger partial charge in [0.2, 0.25) is 5.91 Å². The largest absolute Gasteiger partial charge is 0.480 e. The van der Waals surface area contributed by atoms with Gasteiger partial charge < -0.3 is 15.3 Å². The number of carbonyl (C=O) groups is 3. The number of amides is 3. The quantitative estimate of drug-likeness (QED) is 0.529. The van der Waals surface area contributed by atoms with E-state index >= 15 is 0 Å². The fourth-order valence-electron chi connectivity index (χ4n) is 1.45. The van der Waals surface area contributed by atoms with Gasteiger partial charge >= 0.3 is 12.0 Å². The highest BCUT2D eigenvalue weighted by molar-refractivity contribution is 6.02. The van der Waals surface area contributed by atoms with E-state index < -0.39 is 29.9 Å². The molecule has 84 valence electrons. The molecule has 2 atom stereocenters. The number of urea groups is 1. The molecule has 2 unspecified atom stereocenters. The van der Waals surface area contributed by atoms with Crippen LogP contribution in [0, 0.1) is 5.92 Å². The van der Waals surface area contributed by atoms with Gasteiger partial charge in [0.05, 0.1) is 5.92 Å². The molecule has 7 heteroatoms. The van der Waals surface area contributed by atoms with Crippen molar-refractivity contribution in [2.45, 2.75) is 6.04 Å². The summed E-state index contributed by atoms with van der Waals surface area (Å²) in [5.74, 6) is -2.53. The lowest BCUT2D eigenvalue weighted by Gasteiger charge is -2.30. The van der Waals surface area contributed by atoms with Crippen LogP contribution in [0.15, 0.2) is 0 Å². The molecule has 0 aromatic heterocycles. The smallest absolute Gasteiger partial charge is 0.327 e. The van der Waals surface area contributed by atoms with Crippen LogP contribution in [0.5, 0.6) is 0 Å². The molecule has 0 aromatic carbocycles. The minimum atomic E-state index is -1.20. The Bertz CT molecular complexity index is 302. The van der Waals surface area contributed by atoms with Crippen LogP contribution in [0.4, 0.5) is 4.79 Å². The van der Waals surface area contributed by atoms with Crippen molar-refractivity contribution in [2.24, 2.45) is 5.92 Å². The maximum atomic E-state index is 11.4. The van der Waals surface area contributed by atoms with Crippen molar-refractivity contribution >= 4 is 17.9 Å². The zero-order chi connectivity index (χ0) is 11.6. The first-order valence-corrected chi connectivity index (χ1v) is 4.40. The van der Waals surface area contributed by atoms with Gasteiger partial charge in [0, 0.05) is 6.54 Å². The van der Waals surface area contributed by atoms with E-state index in [-0.39, 0.29) is 6.54 Å². The number of rotatable bonds is 3. The van der Waals surface area contributed by atoms with Gasteiger partial charge in [-0.25, -0.2) is 9.59 Å². The Morgan fingerprint density at radius 3 is 2.53 bits per heavy atom. The summed E-state index contributed by atoms with van der Waals surface area (Å²) < 4.78 is 0. The first-order chi connectivity index (χ1) is 6.91. The minimum absolute atomic E-state index is 0.267. The molecule has 1 saturated heterocycles. The van der Waals surface area contributed by atoms with E-state index in [0.29, 0.717) is 0 Å². The molecule has 3 amide bonds. The Morgan fingerprint density at radius 1 is 1.47 bits per heavy atom. The second-order valence-corrected chi connectivity index (χ2v) is 3.65. The van der Waals surface area contributed by atoms with Crippen molar-refractivity contribution < 1.29 is 19.5 Å². The molecule has 1 aliphatic heterocycles. The van der Waals surface area contributed by atoms with E-state index in [1.165, 1.54) is 0 Å². The Balaban J connectivity index is 2.82. The number of hydrogen-bond donors (Lipinski definition) is 3. The molecule has 1 fully saturated rings. The summed E-state index contributed by atoms with van der Waals surface area (Å²) in [6, 6.07) is -1.92. The summed E-state index contributed by atoms with van der Waals surface area (Å²) in [4.78, 5) is 34.8. The predicted molar refractivity (Wildman–Crippen MR) is 50.1 cm³/mol. The molecular formula is C8H13N3O4. The lowest BCUT2D eigenvalue weighted by atomic mass is 9.96. The maximum absolute atomic E-state index is 11.4. The summed E-state index contributed by atoms with van der Waals surface area (Å²) in [5, 5.41) is 13.1. The number of imide groups is 1. The van der Waals surface area contributed by atoms with Crippen molar-refractivity contribution in [1.29, 1.82) is 0 Å². The maximum Gasteiger partial charge on any atom is 0.327 e. The van der Waals surface area contributed by atoms with Crippen LogP contribution >= 0.6 is 0 Å². The van der Waals surface area contributed by atoms with Gasteiger partial charge in [0.1, 0.15) is 6.04 Å². The Labute approximate surface area is 86.4 Å². The SMILES string of the molecule is CN(C)CC1C(=O)NC(=O)NC1C(=O)O. The van der Waals surface area contributed by atoms with Gasteiger partial charge in [-0.3, -0.25) is 10.1 Å². The Hall–Kier alpha value is -1.63. The second kappa shape index (κ2) is 4.26. The molecule has 1 heterocycles. The molecule has 0 bridgehead atoms. The van der Waals surface area contributed by atoms with Gasteiger partial charge in [-0.1, -0.05) is 0 Å². The molecule has 3 N–H and O–H groups in total. The van der Waals surface area contributed by atoms with E-state index in [0.717, 1.165) is 0 Å². The fourth-order valence-corrected chi connectivity index (χ4v) is 1.45. The highest BCUT2D eigenvalue weighted by Crippen LogP contribution is 2.10. The van der Waals surface area contributed by atoms with Crippen LogP contribution in [-0.2, 0) is 9.59 Å². The molecule has 0 aromatic rings. The van der Waals surface area contributed by atoms with Crippen LogP contribution in [-0.4, -0.2) is 54.6 Å². The Kier molecular flexibility index (Phi) is 3.25. The molecule has 7 nitrogen and oxygen atoms in total. The van der Waals surface area contributed by atoms with E-state index in [9.17, 15) is 14.4 Å². The molecule has 1 aliphatic rings. The molecule has 0 aliphatic carbocycles. The van der Waals surface area contributed by atoms with Gasteiger partial charge in [-0.15, -0.1) is 0 Å². The van der Waals surface area contributed by atoms with Gasteiger partial charge in [0.15, 0.2) is 0 Å². The molecule has 0 spiro atoms. The van der Waals surface area contributed by atoms with Gasteiger partial charge in [-0.05, 0) is 14.1 Å². The third-order valence-corrected chi connectivity index (χ3v) is 2.09. The molecule has 0 saturated carbocycles. The van der Waals surface area contributed by atoms with E-state index in [1.54, 1.807) is 19.0 Å². The fraction of sp³-hybridized carbons (Fsp3) is 0.625. The van der Waals surface area contributed by atoms with Crippen molar-refractivity contribution in [3.8, 4) is 0 Å².